The molecule has 3 rings (SSSR count). The summed E-state index contributed by atoms with van der Waals surface area (Å²) < 4.78 is 33.0. The van der Waals surface area contributed by atoms with Gasteiger partial charge in [-0.15, -0.1) is 0 Å². The van der Waals surface area contributed by atoms with Gasteiger partial charge in [0.15, 0.2) is 0 Å². The number of carbonyl (C=O) groups is 1. The minimum atomic E-state index is -3.67. The van der Waals surface area contributed by atoms with Crippen LogP contribution in [0.2, 0.25) is 0 Å². The minimum Gasteiger partial charge on any atom is -0.377 e. The van der Waals surface area contributed by atoms with E-state index in [1.807, 2.05) is 6.92 Å². The fraction of sp³-hybridized carbons (Fsp3) is 0.316. The number of rotatable bonds is 4. The molecule has 0 saturated carbocycles. The van der Waals surface area contributed by atoms with Crippen molar-refractivity contribution in [1.82, 2.24) is 4.90 Å². The zero-order valence-electron chi connectivity index (χ0n) is 14.8. The predicted octanol–water partition coefficient (Wildman–Crippen LogP) is 2.66. The van der Waals surface area contributed by atoms with Crippen molar-refractivity contribution in [2.24, 2.45) is 0 Å². The lowest BCUT2D eigenvalue weighted by molar-refractivity contribution is 0.00359. The SMILES string of the molecule is Cc1ccccc1S(=O)(=O)Nc1ccc(C(=O)N2CCOCC2C)cc1. The van der Waals surface area contributed by atoms with Crippen LogP contribution in [0.15, 0.2) is 53.4 Å². The highest BCUT2D eigenvalue weighted by Gasteiger charge is 2.24. The Bertz CT molecular complexity index is 894. The van der Waals surface area contributed by atoms with Crippen molar-refractivity contribution in [3.8, 4) is 0 Å². The molecular formula is C19H22N2O4S. The van der Waals surface area contributed by atoms with Gasteiger partial charge in [0.1, 0.15) is 0 Å². The first-order chi connectivity index (χ1) is 12.4. The standard InChI is InChI=1S/C19H22N2O4S/c1-14-5-3-4-6-18(14)26(23,24)20-17-9-7-16(8-10-17)19(22)21-11-12-25-13-15(21)2/h3-10,15,20H,11-13H2,1-2H3. The molecule has 2 aromatic carbocycles. The molecule has 6 nitrogen and oxygen atoms in total. The smallest absolute Gasteiger partial charge is 0.262 e. The first-order valence-corrected chi connectivity index (χ1v) is 9.94. The molecule has 1 amide bonds. The van der Waals surface area contributed by atoms with E-state index in [1.165, 1.54) is 0 Å². The average Bonchev–Trinajstić information content (AvgIpc) is 2.62. The lowest BCUT2D eigenvalue weighted by Crippen LogP contribution is -2.47. The van der Waals surface area contributed by atoms with Gasteiger partial charge in [-0.05, 0) is 49.7 Å². The minimum absolute atomic E-state index is 0.0236. The van der Waals surface area contributed by atoms with Crippen molar-refractivity contribution in [2.75, 3.05) is 24.5 Å². The molecule has 1 aliphatic rings. The molecule has 0 aliphatic carbocycles. The number of nitrogens with zero attached hydrogens (tertiary/aromatic N) is 1. The van der Waals surface area contributed by atoms with Crippen LogP contribution in [0.5, 0.6) is 0 Å². The van der Waals surface area contributed by atoms with Gasteiger partial charge >= 0.3 is 0 Å². The molecule has 0 bridgehead atoms. The van der Waals surface area contributed by atoms with Crippen LogP contribution in [-0.4, -0.2) is 45.0 Å². The molecular weight excluding hydrogens is 352 g/mol. The Balaban J connectivity index is 1.75. The number of ether oxygens (including phenoxy) is 1. The van der Waals surface area contributed by atoms with Gasteiger partial charge in [-0.1, -0.05) is 18.2 Å². The molecule has 0 spiro atoms. The van der Waals surface area contributed by atoms with Crippen LogP contribution in [0.4, 0.5) is 5.69 Å². The quantitative estimate of drug-likeness (QED) is 0.893. The molecule has 1 aliphatic heterocycles. The summed E-state index contributed by atoms with van der Waals surface area (Å²) in [7, 11) is -3.67. The van der Waals surface area contributed by atoms with Gasteiger partial charge in [0.2, 0.25) is 0 Å². The lowest BCUT2D eigenvalue weighted by atomic mass is 10.1. The Labute approximate surface area is 153 Å². The zero-order valence-corrected chi connectivity index (χ0v) is 15.6. The Morgan fingerprint density at radius 1 is 1.15 bits per heavy atom. The molecule has 0 radical (unpaired) electrons. The summed E-state index contributed by atoms with van der Waals surface area (Å²) in [6.07, 6.45) is 0. The van der Waals surface area contributed by atoms with Crippen molar-refractivity contribution >= 4 is 21.6 Å². The number of anilines is 1. The Hall–Kier alpha value is -2.38. The molecule has 138 valence electrons. The Kier molecular flexibility index (Phi) is 5.29. The molecule has 2 aromatic rings. The summed E-state index contributed by atoms with van der Waals surface area (Å²) in [6, 6.07) is 13.3. The third-order valence-electron chi connectivity index (χ3n) is 4.40. The van der Waals surface area contributed by atoms with Crippen LogP contribution >= 0.6 is 0 Å². The average molecular weight is 374 g/mol. The highest BCUT2D eigenvalue weighted by Crippen LogP contribution is 2.20. The van der Waals surface area contributed by atoms with Crippen LogP contribution in [0.25, 0.3) is 0 Å². The molecule has 1 fully saturated rings. The second-order valence-electron chi connectivity index (χ2n) is 6.37. The van der Waals surface area contributed by atoms with E-state index < -0.39 is 10.0 Å². The lowest BCUT2D eigenvalue weighted by Gasteiger charge is -2.33. The third kappa shape index (κ3) is 3.89. The van der Waals surface area contributed by atoms with Crippen LogP contribution < -0.4 is 4.72 Å². The zero-order chi connectivity index (χ0) is 18.7. The van der Waals surface area contributed by atoms with Crippen LogP contribution in [-0.2, 0) is 14.8 Å². The second-order valence-corrected chi connectivity index (χ2v) is 8.02. The van der Waals surface area contributed by atoms with Crippen LogP contribution in [0.3, 0.4) is 0 Å². The van der Waals surface area contributed by atoms with Crippen LogP contribution in [0, 0.1) is 6.92 Å². The Morgan fingerprint density at radius 3 is 2.50 bits per heavy atom. The van der Waals surface area contributed by atoms with E-state index in [-0.39, 0.29) is 16.8 Å². The number of morpholine rings is 1. The Morgan fingerprint density at radius 2 is 1.85 bits per heavy atom. The number of nitrogens with one attached hydrogen (secondary N) is 1. The van der Waals surface area contributed by atoms with E-state index in [0.29, 0.717) is 36.6 Å². The van der Waals surface area contributed by atoms with E-state index in [4.69, 9.17) is 4.74 Å². The summed E-state index contributed by atoms with van der Waals surface area (Å²) in [5.74, 6) is -0.0749. The van der Waals surface area contributed by atoms with E-state index >= 15 is 0 Å². The van der Waals surface area contributed by atoms with E-state index in [2.05, 4.69) is 4.72 Å². The van der Waals surface area contributed by atoms with Crippen molar-refractivity contribution in [3.05, 3.63) is 59.7 Å². The van der Waals surface area contributed by atoms with Crippen molar-refractivity contribution in [1.29, 1.82) is 0 Å². The molecule has 26 heavy (non-hydrogen) atoms. The maximum Gasteiger partial charge on any atom is 0.262 e. The third-order valence-corrected chi connectivity index (χ3v) is 5.94. The number of aryl methyl sites for hydroxylation is 1. The summed E-state index contributed by atoms with van der Waals surface area (Å²) in [6.45, 7) is 5.31. The predicted molar refractivity (Wildman–Crippen MR) is 99.7 cm³/mol. The summed E-state index contributed by atoms with van der Waals surface area (Å²) in [4.78, 5) is 14.6. The summed E-state index contributed by atoms with van der Waals surface area (Å²) >= 11 is 0. The fourth-order valence-electron chi connectivity index (χ4n) is 2.94. The van der Waals surface area contributed by atoms with Gasteiger partial charge in [-0.3, -0.25) is 9.52 Å². The van der Waals surface area contributed by atoms with E-state index in [0.717, 1.165) is 0 Å². The van der Waals surface area contributed by atoms with Crippen molar-refractivity contribution < 1.29 is 17.9 Å². The van der Waals surface area contributed by atoms with Gasteiger partial charge in [0.25, 0.3) is 15.9 Å². The molecule has 1 unspecified atom stereocenters. The highest BCUT2D eigenvalue weighted by atomic mass is 32.2. The topological polar surface area (TPSA) is 75.7 Å². The number of hydrogen-bond acceptors (Lipinski definition) is 4. The van der Waals surface area contributed by atoms with Gasteiger partial charge in [-0.2, -0.15) is 0 Å². The van der Waals surface area contributed by atoms with Crippen molar-refractivity contribution in [2.45, 2.75) is 24.8 Å². The number of benzene rings is 2. The molecule has 7 heteroatoms. The number of sulfonamides is 1. The van der Waals surface area contributed by atoms with Gasteiger partial charge in [-0.25, -0.2) is 8.42 Å². The largest absolute Gasteiger partial charge is 0.377 e. The first-order valence-electron chi connectivity index (χ1n) is 8.46. The number of hydrogen-bond donors (Lipinski definition) is 1. The molecule has 1 N–H and O–H groups in total. The number of carbonyl (C=O) groups excluding carboxylic acids is 1. The maximum atomic E-state index is 12.6. The number of amides is 1. The molecule has 1 atom stereocenters. The van der Waals surface area contributed by atoms with Gasteiger partial charge < -0.3 is 9.64 Å². The second kappa shape index (κ2) is 7.47. The first kappa shape index (κ1) is 18.4. The van der Waals surface area contributed by atoms with Gasteiger partial charge in [0, 0.05) is 17.8 Å². The van der Waals surface area contributed by atoms with Gasteiger partial charge in [0.05, 0.1) is 24.2 Å². The molecule has 0 aromatic heterocycles. The molecule has 1 heterocycles. The molecule has 1 saturated heterocycles. The fourth-order valence-corrected chi connectivity index (χ4v) is 4.25. The highest BCUT2D eigenvalue weighted by molar-refractivity contribution is 7.92. The normalized spacial score (nSPS) is 17.8. The summed E-state index contributed by atoms with van der Waals surface area (Å²) in [5.41, 5.74) is 1.62. The van der Waals surface area contributed by atoms with E-state index in [1.54, 1.807) is 60.4 Å². The maximum absolute atomic E-state index is 12.6. The van der Waals surface area contributed by atoms with E-state index in [9.17, 15) is 13.2 Å². The van der Waals surface area contributed by atoms with Crippen LogP contribution in [0.1, 0.15) is 22.8 Å². The summed E-state index contributed by atoms with van der Waals surface area (Å²) in [5, 5.41) is 0. The monoisotopic (exact) mass is 374 g/mol. The van der Waals surface area contributed by atoms with Crippen molar-refractivity contribution in [3.63, 3.8) is 0 Å².